The Bertz CT molecular complexity index is 198. The quantitative estimate of drug-likeness (QED) is 0.477. The van der Waals surface area contributed by atoms with Crippen LogP contribution in [0.5, 0.6) is 0 Å². The summed E-state index contributed by atoms with van der Waals surface area (Å²) < 4.78 is 10.5. The van der Waals surface area contributed by atoms with Gasteiger partial charge in [-0.05, 0) is 25.2 Å². The lowest BCUT2D eigenvalue weighted by molar-refractivity contribution is -0.0999. The van der Waals surface area contributed by atoms with Crippen LogP contribution in [-0.4, -0.2) is 44.7 Å². The second kappa shape index (κ2) is 5.24. The van der Waals surface area contributed by atoms with Gasteiger partial charge >= 0.3 is 0 Å². The summed E-state index contributed by atoms with van der Waals surface area (Å²) in [5.74, 6) is 0.0319. The fraction of sp³-hybridized carbons (Fsp3) is 1.00. The highest BCUT2D eigenvalue weighted by molar-refractivity contribution is 7.37. The molecule has 0 heterocycles. The lowest BCUT2D eigenvalue weighted by Crippen LogP contribution is -2.44. The zero-order chi connectivity index (χ0) is 10.7. The lowest BCUT2D eigenvalue weighted by atomic mass is 9.82. The summed E-state index contributed by atoms with van der Waals surface area (Å²) in [4.78, 5) is 8.64. The second-order valence-electron chi connectivity index (χ2n) is 3.90. The van der Waals surface area contributed by atoms with Gasteiger partial charge in [-0.1, -0.05) is 0 Å². The van der Waals surface area contributed by atoms with E-state index in [4.69, 9.17) is 4.89 Å². The van der Waals surface area contributed by atoms with Crippen LogP contribution >= 0.6 is 8.03 Å². The molecule has 0 amide bonds. The maximum absolute atomic E-state index is 10.5. The summed E-state index contributed by atoms with van der Waals surface area (Å²) in [7, 11) is -2.46. The number of aliphatic hydroxyl groups excluding tert-OH is 3. The molecule has 2 unspecified atom stereocenters. The van der Waals surface area contributed by atoms with Gasteiger partial charge in [-0.3, -0.25) is 4.57 Å². The first-order valence-electron chi connectivity index (χ1n) is 4.76. The molecular weight excluding hydrogens is 207 g/mol. The van der Waals surface area contributed by atoms with Crippen molar-refractivity contribution in [1.29, 1.82) is 0 Å². The molecule has 0 aromatic heterocycles. The van der Waals surface area contributed by atoms with Gasteiger partial charge in [0.05, 0.1) is 12.2 Å². The van der Waals surface area contributed by atoms with Crippen molar-refractivity contribution in [3.8, 4) is 0 Å². The van der Waals surface area contributed by atoms with Crippen molar-refractivity contribution in [2.45, 2.75) is 37.6 Å². The summed E-state index contributed by atoms with van der Waals surface area (Å²) >= 11 is 0. The second-order valence-corrected chi connectivity index (χ2v) is 5.18. The Hall–Kier alpha value is 0.0700. The molecule has 0 aromatic carbocycles. The minimum absolute atomic E-state index is 0.0319. The molecular formula is C8H17O5P. The molecule has 1 fully saturated rings. The van der Waals surface area contributed by atoms with Crippen molar-refractivity contribution in [3.05, 3.63) is 0 Å². The Morgan fingerprint density at radius 3 is 2.07 bits per heavy atom. The van der Waals surface area contributed by atoms with Crippen molar-refractivity contribution in [2.75, 3.05) is 6.16 Å². The van der Waals surface area contributed by atoms with Crippen LogP contribution in [0.3, 0.4) is 0 Å². The normalized spacial score (nSPS) is 40.9. The zero-order valence-corrected chi connectivity index (χ0v) is 8.83. The molecule has 1 rings (SSSR count). The first-order chi connectivity index (χ1) is 6.50. The maximum Gasteiger partial charge on any atom is 0.189 e. The highest BCUT2D eigenvalue weighted by Gasteiger charge is 2.34. The average molecular weight is 224 g/mol. The summed E-state index contributed by atoms with van der Waals surface area (Å²) in [6, 6.07) is 0. The summed E-state index contributed by atoms with van der Waals surface area (Å²) in [6.07, 6.45) is -1.35. The third-order valence-corrected chi connectivity index (χ3v) is 3.42. The van der Waals surface area contributed by atoms with Crippen LogP contribution in [0.4, 0.5) is 0 Å². The molecule has 1 saturated carbocycles. The Labute approximate surface area is 83.3 Å². The zero-order valence-electron chi connectivity index (χ0n) is 7.83. The largest absolute Gasteiger partial charge is 0.390 e. The molecule has 6 heteroatoms. The van der Waals surface area contributed by atoms with Crippen LogP contribution in [0.25, 0.3) is 0 Å². The topological polar surface area (TPSA) is 98.0 Å². The SMILES string of the molecule is O=[PH](O)CC[C@H]1CC(O)[C@@H](O)[C@@H](O)C1. The minimum Gasteiger partial charge on any atom is -0.390 e. The third-order valence-electron chi connectivity index (χ3n) is 2.70. The first kappa shape index (κ1) is 12.1. The van der Waals surface area contributed by atoms with E-state index in [0.717, 1.165) is 0 Å². The maximum atomic E-state index is 10.5. The van der Waals surface area contributed by atoms with Crippen molar-refractivity contribution >= 4 is 8.03 Å². The van der Waals surface area contributed by atoms with Crippen molar-refractivity contribution < 1.29 is 24.8 Å². The Morgan fingerprint density at radius 2 is 1.64 bits per heavy atom. The van der Waals surface area contributed by atoms with E-state index in [1.54, 1.807) is 0 Å². The van der Waals surface area contributed by atoms with Crippen molar-refractivity contribution in [3.63, 3.8) is 0 Å². The molecule has 1 aliphatic rings. The highest BCUT2D eigenvalue weighted by Crippen LogP contribution is 2.30. The van der Waals surface area contributed by atoms with E-state index in [2.05, 4.69) is 0 Å². The number of hydrogen-bond donors (Lipinski definition) is 4. The van der Waals surface area contributed by atoms with E-state index in [1.165, 1.54) is 0 Å². The van der Waals surface area contributed by atoms with E-state index in [0.29, 0.717) is 19.3 Å². The molecule has 0 radical (unpaired) electrons. The molecule has 5 nitrogen and oxygen atoms in total. The Kier molecular flexibility index (Phi) is 4.54. The van der Waals surface area contributed by atoms with Crippen LogP contribution in [0.1, 0.15) is 19.3 Å². The van der Waals surface area contributed by atoms with E-state index >= 15 is 0 Å². The molecule has 4 N–H and O–H groups in total. The number of aliphatic hydroxyl groups is 3. The Balaban J connectivity index is 2.38. The predicted octanol–water partition coefficient (Wildman–Crippen LogP) is -0.664. The van der Waals surface area contributed by atoms with Gasteiger partial charge < -0.3 is 20.2 Å². The molecule has 1 aliphatic carbocycles. The van der Waals surface area contributed by atoms with Gasteiger partial charge in [0.25, 0.3) is 0 Å². The van der Waals surface area contributed by atoms with Crippen molar-refractivity contribution in [1.82, 2.24) is 0 Å². The van der Waals surface area contributed by atoms with Gasteiger partial charge in [-0.15, -0.1) is 0 Å². The van der Waals surface area contributed by atoms with E-state index in [1.807, 2.05) is 0 Å². The predicted molar refractivity (Wildman–Crippen MR) is 51.4 cm³/mol. The van der Waals surface area contributed by atoms with E-state index in [-0.39, 0.29) is 12.1 Å². The molecule has 14 heavy (non-hydrogen) atoms. The van der Waals surface area contributed by atoms with Crippen LogP contribution in [0.2, 0.25) is 0 Å². The first-order valence-corrected chi connectivity index (χ1v) is 6.33. The van der Waals surface area contributed by atoms with E-state index in [9.17, 15) is 19.9 Å². The Morgan fingerprint density at radius 1 is 1.14 bits per heavy atom. The van der Waals surface area contributed by atoms with Gasteiger partial charge in [0.15, 0.2) is 8.03 Å². The summed E-state index contributed by atoms with van der Waals surface area (Å²) in [5.41, 5.74) is 0. The third kappa shape index (κ3) is 3.33. The minimum atomic E-state index is -2.46. The van der Waals surface area contributed by atoms with Crippen LogP contribution in [0.15, 0.2) is 0 Å². The van der Waals surface area contributed by atoms with Gasteiger partial charge in [0.2, 0.25) is 0 Å². The van der Waals surface area contributed by atoms with Gasteiger partial charge in [0, 0.05) is 6.16 Å². The van der Waals surface area contributed by atoms with Crippen LogP contribution in [0, 0.1) is 5.92 Å². The number of rotatable bonds is 3. The molecule has 0 bridgehead atoms. The molecule has 0 aromatic rings. The summed E-state index contributed by atoms with van der Waals surface area (Å²) in [5, 5.41) is 27.9. The lowest BCUT2D eigenvalue weighted by Gasteiger charge is -2.33. The molecule has 5 atom stereocenters. The molecule has 0 saturated heterocycles. The van der Waals surface area contributed by atoms with Crippen molar-refractivity contribution in [2.24, 2.45) is 5.92 Å². The summed E-state index contributed by atoms with van der Waals surface area (Å²) in [6.45, 7) is 0. The fourth-order valence-corrected chi connectivity index (χ4v) is 2.53. The van der Waals surface area contributed by atoms with E-state index < -0.39 is 26.3 Å². The molecule has 0 aliphatic heterocycles. The van der Waals surface area contributed by atoms with Crippen LogP contribution < -0.4 is 0 Å². The highest BCUT2D eigenvalue weighted by atomic mass is 31.1. The average Bonchev–Trinajstić information content (AvgIpc) is 2.10. The monoisotopic (exact) mass is 224 g/mol. The van der Waals surface area contributed by atoms with Crippen LogP contribution in [-0.2, 0) is 4.57 Å². The molecule has 0 spiro atoms. The van der Waals surface area contributed by atoms with Gasteiger partial charge in [0.1, 0.15) is 6.10 Å². The smallest absolute Gasteiger partial charge is 0.189 e. The van der Waals surface area contributed by atoms with Gasteiger partial charge in [-0.2, -0.15) is 0 Å². The fourth-order valence-electron chi connectivity index (χ4n) is 1.88. The number of hydrogen-bond acceptors (Lipinski definition) is 4. The van der Waals surface area contributed by atoms with Gasteiger partial charge in [-0.25, -0.2) is 0 Å². The standard InChI is InChI=1S/C8H17O5P/c9-6-3-5(1-2-14(12)13)4-7(10)8(6)11/h5-11,14H,1-4H2,(H,12,13)/t5-,6+,7?,8+/m1/s1. The molecule has 84 valence electrons.